The number of hydrogen-bond donors (Lipinski definition) is 2. The summed E-state index contributed by atoms with van der Waals surface area (Å²) in [6.45, 7) is 0.306. The van der Waals surface area contributed by atoms with Crippen molar-refractivity contribution in [3.05, 3.63) is 93.9 Å². The van der Waals surface area contributed by atoms with Crippen LogP contribution < -0.4 is 5.32 Å². The SMILES string of the molecule is N#CCc1ccc(Cc2cncc(C(=O)NCc3[nH]nc4ccc(Cl)cc34)c2)cc1. The highest BCUT2D eigenvalue weighted by Gasteiger charge is 2.11. The van der Waals surface area contributed by atoms with E-state index in [0.717, 1.165) is 33.3 Å². The van der Waals surface area contributed by atoms with Gasteiger partial charge in [-0.3, -0.25) is 14.9 Å². The average molecular weight is 416 g/mol. The third-order valence-electron chi connectivity index (χ3n) is 4.79. The molecule has 0 fully saturated rings. The number of pyridine rings is 1. The fourth-order valence-electron chi connectivity index (χ4n) is 3.25. The van der Waals surface area contributed by atoms with Crippen molar-refractivity contribution in [2.24, 2.45) is 0 Å². The first-order valence-corrected chi connectivity index (χ1v) is 9.79. The standard InChI is InChI=1S/C23H18ClN5O/c24-19-5-6-21-20(11-19)22(29-28-21)14-27-23(30)18-10-17(12-26-13-18)9-16-3-1-15(2-4-16)7-8-25/h1-6,10-13H,7,9,14H2,(H,27,30)(H,28,29). The first-order valence-electron chi connectivity index (χ1n) is 9.42. The van der Waals surface area contributed by atoms with E-state index in [1.807, 2.05) is 42.5 Å². The van der Waals surface area contributed by atoms with E-state index in [-0.39, 0.29) is 5.91 Å². The van der Waals surface area contributed by atoms with E-state index in [1.54, 1.807) is 18.5 Å². The van der Waals surface area contributed by atoms with Gasteiger partial charge in [0.05, 0.1) is 35.8 Å². The molecule has 0 aliphatic carbocycles. The van der Waals surface area contributed by atoms with Gasteiger partial charge in [0.25, 0.3) is 5.91 Å². The second-order valence-electron chi connectivity index (χ2n) is 6.96. The number of carbonyl (C=O) groups is 1. The van der Waals surface area contributed by atoms with E-state index >= 15 is 0 Å². The lowest BCUT2D eigenvalue weighted by Gasteiger charge is -2.07. The van der Waals surface area contributed by atoms with Gasteiger partial charge in [-0.1, -0.05) is 35.9 Å². The first kappa shape index (κ1) is 19.6. The Kier molecular flexibility index (Phi) is 5.73. The zero-order chi connectivity index (χ0) is 20.9. The smallest absolute Gasteiger partial charge is 0.253 e. The Labute approximate surface area is 178 Å². The van der Waals surface area contributed by atoms with Crippen LogP contribution in [0.15, 0.2) is 60.9 Å². The van der Waals surface area contributed by atoms with Gasteiger partial charge < -0.3 is 5.32 Å². The van der Waals surface area contributed by atoms with Crippen LogP contribution in [0.2, 0.25) is 5.02 Å². The summed E-state index contributed by atoms with van der Waals surface area (Å²) in [4.78, 5) is 16.8. The summed E-state index contributed by atoms with van der Waals surface area (Å²) in [6, 6.07) is 17.3. The van der Waals surface area contributed by atoms with Crippen LogP contribution in [0.3, 0.4) is 0 Å². The maximum Gasteiger partial charge on any atom is 0.253 e. The van der Waals surface area contributed by atoms with Crippen molar-refractivity contribution in [3.8, 4) is 6.07 Å². The van der Waals surface area contributed by atoms with Crippen molar-refractivity contribution in [2.45, 2.75) is 19.4 Å². The Balaban J connectivity index is 1.43. The highest BCUT2D eigenvalue weighted by Crippen LogP contribution is 2.20. The molecule has 2 aromatic heterocycles. The largest absolute Gasteiger partial charge is 0.346 e. The summed E-state index contributed by atoms with van der Waals surface area (Å²) >= 11 is 6.06. The molecule has 30 heavy (non-hydrogen) atoms. The maximum atomic E-state index is 12.6. The molecule has 0 aliphatic rings. The van der Waals surface area contributed by atoms with Crippen LogP contribution in [0.5, 0.6) is 0 Å². The number of rotatable bonds is 6. The van der Waals surface area contributed by atoms with Crippen LogP contribution in [0, 0.1) is 11.3 Å². The number of fused-ring (bicyclic) bond motifs is 1. The van der Waals surface area contributed by atoms with Crippen LogP contribution in [0.1, 0.15) is 32.7 Å². The van der Waals surface area contributed by atoms with Gasteiger partial charge in [0, 0.05) is 22.8 Å². The second kappa shape index (κ2) is 8.76. The predicted molar refractivity (Wildman–Crippen MR) is 115 cm³/mol. The van der Waals surface area contributed by atoms with E-state index < -0.39 is 0 Å². The highest BCUT2D eigenvalue weighted by molar-refractivity contribution is 6.31. The molecule has 4 aromatic rings. The molecule has 2 heterocycles. The third kappa shape index (κ3) is 4.48. The average Bonchev–Trinajstić information content (AvgIpc) is 3.16. The van der Waals surface area contributed by atoms with Gasteiger partial charge in [-0.25, -0.2) is 0 Å². The molecule has 0 atom stereocenters. The molecule has 0 radical (unpaired) electrons. The monoisotopic (exact) mass is 415 g/mol. The highest BCUT2D eigenvalue weighted by atomic mass is 35.5. The molecular weight excluding hydrogens is 398 g/mol. The summed E-state index contributed by atoms with van der Waals surface area (Å²) in [5, 5.41) is 20.3. The molecule has 1 amide bonds. The Morgan fingerprint density at radius 3 is 2.67 bits per heavy atom. The van der Waals surface area contributed by atoms with Gasteiger partial charge in [-0.2, -0.15) is 10.4 Å². The van der Waals surface area contributed by atoms with E-state index in [0.29, 0.717) is 30.0 Å². The van der Waals surface area contributed by atoms with Crippen molar-refractivity contribution < 1.29 is 4.79 Å². The molecule has 0 aliphatic heterocycles. The summed E-state index contributed by atoms with van der Waals surface area (Å²) in [6.07, 6.45) is 4.36. The number of benzene rings is 2. The number of H-pyrrole nitrogens is 1. The number of nitrogens with one attached hydrogen (secondary N) is 2. The van der Waals surface area contributed by atoms with Crippen LogP contribution in [0.25, 0.3) is 10.9 Å². The molecule has 7 heteroatoms. The number of amides is 1. The molecular formula is C23H18ClN5O. The second-order valence-corrected chi connectivity index (χ2v) is 7.39. The van der Waals surface area contributed by atoms with Gasteiger partial charge in [0.2, 0.25) is 0 Å². The minimum atomic E-state index is -0.210. The van der Waals surface area contributed by atoms with Crippen molar-refractivity contribution in [1.29, 1.82) is 5.26 Å². The molecule has 0 bridgehead atoms. The van der Waals surface area contributed by atoms with E-state index in [9.17, 15) is 4.79 Å². The maximum absolute atomic E-state index is 12.6. The van der Waals surface area contributed by atoms with Gasteiger partial charge in [0.15, 0.2) is 0 Å². The summed E-state index contributed by atoms with van der Waals surface area (Å²) in [5.74, 6) is -0.210. The molecule has 0 spiro atoms. The van der Waals surface area contributed by atoms with Gasteiger partial charge in [0.1, 0.15) is 0 Å². The van der Waals surface area contributed by atoms with Crippen LogP contribution >= 0.6 is 11.6 Å². The summed E-state index contributed by atoms with van der Waals surface area (Å²) in [5.41, 5.74) is 5.11. The molecule has 2 aromatic carbocycles. The number of aromatic nitrogens is 3. The fraction of sp³-hybridized carbons (Fsp3) is 0.130. The van der Waals surface area contributed by atoms with Crippen molar-refractivity contribution in [1.82, 2.24) is 20.5 Å². The molecule has 6 nitrogen and oxygen atoms in total. The van der Waals surface area contributed by atoms with Crippen LogP contribution in [0.4, 0.5) is 0 Å². The normalized spacial score (nSPS) is 10.7. The van der Waals surface area contributed by atoms with Crippen molar-refractivity contribution in [2.75, 3.05) is 0 Å². The van der Waals surface area contributed by atoms with Crippen LogP contribution in [-0.2, 0) is 19.4 Å². The number of halogens is 1. The molecule has 0 unspecified atom stereocenters. The number of carbonyl (C=O) groups excluding carboxylic acids is 1. The number of nitriles is 1. The molecule has 0 saturated carbocycles. The van der Waals surface area contributed by atoms with Gasteiger partial charge >= 0.3 is 0 Å². The topological polar surface area (TPSA) is 94.5 Å². The number of aromatic amines is 1. The zero-order valence-corrected chi connectivity index (χ0v) is 16.8. The van der Waals surface area contributed by atoms with Crippen molar-refractivity contribution in [3.63, 3.8) is 0 Å². The Morgan fingerprint density at radius 1 is 1.07 bits per heavy atom. The molecule has 0 saturated heterocycles. The number of nitrogens with zero attached hydrogens (tertiary/aromatic N) is 3. The van der Waals surface area contributed by atoms with Gasteiger partial charge in [-0.15, -0.1) is 0 Å². The third-order valence-corrected chi connectivity index (χ3v) is 5.03. The van der Waals surface area contributed by atoms with Crippen molar-refractivity contribution >= 4 is 28.4 Å². The van der Waals surface area contributed by atoms with E-state index in [2.05, 4.69) is 26.6 Å². The molecule has 148 valence electrons. The quantitative estimate of drug-likeness (QED) is 0.493. The first-order chi connectivity index (χ1) is 14.6. The Morgan fingerprint density at radius 2 is 1.87 bits per heavy atom. The lowest BCUT2D eigenvalue weighted by atomic mass is 10.0. The zero-order valence-electron chi connectivity index (χ0n) is 16.0. The molecule has 2 N–H and O–H groups in total. The van der Waals surface area contributed by atoms with E-state index in [1.165, 1.54) is 0 Å². The van der Waals surface area contributed by atoms with Gasteiger partial charge in [-0.05, 0) is 47.4 Å². The Bertz CT molecular complexity index is 1240. The lowest BCUT2D eigenvalue weighted by molar-refractivity contribution is 0.0950. The number of hydrogen-bond acceptors (Lipinski definition) is 4. The lowest BCUT2D eigenvalue weighted by Crippen LogP contribution is -2.23. The summed E-state index contributed by atoms with van der Waals surface area (Å²) in [7, 11) is 0. The predicted octanol–water partition coefficient (Wildman–Crippen LogP) is 4.20. The minimum absolute atomic E-state index is 0.210. The minimum Gasteiger partial charge on any atom is -0.346 e. The molecule has 4 rings (SSSR count). The Hall–Kier alpha value is -3.69. The van der Waals surface area contributed by atoms with E-state index in [4.69, 9.17) is 16.9 Å². The summed E-state index contributed by atoms with van der Waals surface area (Å²) < 4.78 is 0. The fourth-order valence-corrected chi connectivity index (χ4v) is 3.42. The van der Waals surface area contributed by atoms with Crippen LogP contribution in [-0.4, -0.2) is 21.1 Å².